The molecular formula is C10H10N4O2. The molecule has 2 aromatic rings. The minimum Gasteiger partial charge on any atom is -0.454 e. The Balaban J connectivity index is 1.71. The van der Waals surface area contributed by atoms with Crippen molar-refractivity contribution in [1.29, 1.82) is 0 Å². The SMILES string of the molecule is c1cc2c(cc1CCc1nn[nH]n1)OCO2. The molecule has 0 radical (unpaired) electrons. The third kappa shape index (κ3) is 1.69. The summed E-state index contributed by atoms with van der Waals surface area (Å²) in [6.45, 7) is 0.309. The molecule has 16 heavy (non-hydrogen) atoms. The van der Waals surface area contributed by atoms with Crippen LogP contribution >= 0.6 is 0 Å². The Kier molecular flexibility index (Phi) is 2.17. The maximum absolute atomic E-state index is 5.30. The van der Waals surface area contributed by atoms with Gasteiger partial charge in [0.1, 0.15) is 0 Å². The zero-order valence-corrected chi connectivity index (χ0v) is 8.51. The number of aryl methyl sites for hydroxylation is 2. The van der Waals surface area contributed by atoms with Crippen molar-refractivity contribution in [3.05, 3.63) is 29.6 Å². The van der Waals surface area contributed by atoms with Crippen LogP contribution < -0.4 is 9.47 Å². The molecule has 82 valence electrons. The molecule has 1 aromatic carbocycles. The van der Waals surface area contributed by atoms with Crippen molar-refractivity contribution in [3.63, 3.8) is 0 Å². The highest BCUT2D eigenvalue weighted by molar-refractivity contribution is 5.44. The third-order valence-electron chi connectivity index (χ3n) is 2.46. The van der Waals surface area contributed by atoms with Gasteiger partial charge in [-0.05, 0) is 24.1 Å². The molecule has 1 N–H and O–H groups in total. The molecule has 6 heteroatoms. The fourth-order valence-electron chi connectivity index (χ4n) is 1.64. The molecule has 0 unspecified atom stereocenters. The molecule has 6 nitrogen and oxygen atoms in total. The van der Waals surface area contributed by atoms with Crippen LogP contribution in [0.3, 0.4) is 0 Å². The highest BCUT2D eigenvalue weighted by Crippen LogP contribution is 2.32. The van der Waals surface area contributed by atoms with E-state index >= 15 is 0 Å². The van der Waals surface area contributed by atoms with Crippen molar-refractivity contribution in [3.8, 4) is 11.5 Å². The molecule has 0 fully saturated rings. The summed E-state index contributed by atoms with van der Waals surface area (Å²) in [5.41, 5.74) is 1.18. The number of rotatable bonds is 3. The summed E-state index contributed by atoms with van der Waals surface area (Å²) in [6, 6.07) is 5.93. The van der Waals surface area contributed by atoms with E-state index in [1.54, 1.807) is 0 Å². The number of aromatic nitrogens is 4. The van der Waals surface area contributed by atoms with Gasteiger partial charge in [0.15, 0.2) is 17.3 Å². The lowest BCUT2D eigenvalue weighted by molar-refractivity contribution is 0.174. The first-order valence-corrected chi connectivity index (χ1v) is 5.03. The van der Waals surface area contributed by atoms with Crippen LogP contribution in [-0.4, -0.2) is 27.4 Å². The van der Waals surface area contributed by atoms with Gasteiger partial charge in [0.2, 0.25) is 6.79 Å². The van der Waals surface area contributed by atoms with Crippen LogP contribution in [-0.2, 0) is 12.8 Å². The summed E-state index contributed by atoms with van der Waals surface area (Å²) in [5.74, 6) is 2.34. The van der Waals surface area contributed by atoms with E-state index in [-0.39, 0.29) is 0 Å². The Morgan fingerprint density at radius 3 is 3.00 bits per heavy atom. The van der Waals surface area contributed by atoms with Crippen LogP contribution in [0.5, 0.6) is 11.5 Å². The van der Waals surface area contributed by atoms with Crippen molar-refractivity contribution >= 4 is 0 Å². The van der Waals surface area contributed by atoms with Crippen LogP contribution in [0, 0.1) is 0 Å². The smallest absolute Gasteiger partial charge is 0.231 e. The second-order valence-electron chi connectivity index (χ2n) is 3.52. The minimum atomic E-state index is 0.309. The number of nitrogens with one attached hydrogen (secondary N) is 1. The second-order valence-corrected chi connectivity index (χ2v) is 3.52. The lowest BCUT2D eigenvalue weighted by Crippen LogP contribution is -1.94. The van der Waals surface area contributed by atoms with E-state index in [9.17, 15) is 0 Å². The summed E-state index contributed by atoms with van der Waals surface area (Å²) < 4.78 is 10.5. The van der Waals surface area contributed by atoms with Crippen LogP contribution in [0.25, 0.3) is 0 Å². The quantitative estimate of drug-likeness (QED) is 0.821. The molecule has 0 spiro atoms. The molecule has 1 aliphatic rings. The van der Waals surface area contributed by atoms with Crippen molar-refractivity contribution < 1.29 is 9.47 Å². The van der Waals surface area contributed by atoms with Crippen molar-refractivity contribution in [1.82, 2.24) is 20.6 Å². The van der Waals surface area contributed by atoms with Crippen LogP contribution in [0.2, 0.25) is 0 Å². The molecule has 0 atom stereocenters. The molecule has 3 rings (SSSR count). The number of hydrogen-bond donors (Lipinski definition) is 1. The van der Waals surface area contributed by atoms with Crippen LogP contribution in [0.1, 0.15) is 11.4 Å². The summed E-state index contributed by atoms with van der Waals surface area (Å²) in [7, 11) is 0. The highest BCUT2D eigenvalue weighted by atomic mass is 16.7. The molecule has 0 saturated heterocycles. The largest absolute Gasteiger partial charge is 0.454 e. The van der Waals surface area contributed by atoms with Gasteiger partial charge in [-0.2, -0.15) is 5.21 Å². The number of nitrogens with zero attached hydrogens (tertiary/aromatic N) is 3. The zero-order chi connectivity index (χ0) is 10.8. The van der Waals surface area contributed by atoms with Gasteiger partial charge in [0.25, 0.3) is 0 Å². The van der Waals surface area contributed by atoms with E-state index in [0.29, 0.717) is 6.79 Å². The number of hydrogen-bond acceptors (Lipinski definition) is 5. The molecule has 0 bridgehead atoms. The Morgan fingerprint density at radius 2 is 2.12 bits per heavy atom. The van der Waals surface area contributed by atoms with E-state index in [2.05, 4.69) is 20.6 Å². The lowest BCUT2D eigenvalue weighted by atomic mass is 10.1. The molecule has 2 heterocycles. The lowest BCUT2D eigenvalue weighted by Gasteiger charge is -2.00. The normalized spacial score (nSPS) is 13.0. The Morgan fingerprint density at radius 1 is 1.19 bits per heavy atom. The molecule has 0 amide bonds. The summed E-state index contributed by atoms with van der Waals surface area (Å²) >= 11 is 0. The second kappa shape index (κ2) is 3.80. The van der Waals surface area contributed by atoms with E-state index in [4.69, 9.17) is 9.47 Å². The Hall–Kier alpha value is -2.11. The molecule has 0 aliphatic carbocycles. The molecule has 1 aliphatic heterocycles. The van der Waals surface area contributed by atoms with Crippen molar-refractivity contribution in [2.45, 2.75) is 12.8 Å². The van der Waals surface area contributed by atoms with Crippen LogP contribution in [0.4, 0.5) is 0 Å². The summed E-state index contributed by atoms with van der Waals surface area (Å²) in [5, 5.41) is 13.7. The maximum Gasteiger partial charge on any atom is 0.231 e. The van der Waals surface area contributed by atoms with Crippen molar-refractivity contribution in [2.75, 3.05) is 6.79 Å². The fraction of sp³-hybridized carbons (Fsp3) is 0.300. The first-order valence-electron chi connectivity index (χ1n) is 5.03. The Labute approximate surface area is 91.6 Å². The topological polar surface area (TPSA) is 72.9 Å². The van der Waals surface area contributed by atoms with Gasteiger partial charge in [-0.25, -0.2) is 0 Å². The predicted molar refractivity (Wildman–Crippen MR) is 54.2 cm³/mol. The highest BCUT2D eigenvalue weighted by Gasteiger charge is 2.13. The average molecular weight is 218 g/mol. The summed E-state index contributed by atoms with van der Waals surface area (Å²) in [6.07, 6.45) is 1.62. The van der Waals surface area contributed by atoms with Gasteiger partial charge in [-0.1, -0.05) is 11.3 Å². The monoisotopic (exact) mass is 218 g/mol. The fourth-order valence-corrected chi connectivity index (χ4v) is 1.64. The maximum atomic E-state index is 5.30. The number of aromatic amines is 1. The first-order chi connectivity index (χ1) is 7.92. The standard InChI is InChI=1S/C10H10N4O2/c1-3-8-9(16-6-15-8)5-7(1)2-4-10-11-13-14-12-10/h1,3,5H,2,4,6H2,(H,11,12,13,14). The van der Waals surface area contributed by atoms with E-state index in [0.717, 1.165) is 30.2 Å². The predicted octanol–water partition coefficient (Wildman–Crippen LogP) is 0.714. The number of benzene rings is 1. The minimum absolute atomic E-state index is 0.309. The molecule has 1 aromatic heterocycles. The van der Waals surface area contributed by atoms with Crippen molar-refractivity contribution in [2.24, 2.45) is 0 Å². The number of tetrazole rings is 1. The van der Waals surface area contributed by atoms with Gasteiger partial charge in [0.05, 0.1) is 0 Å². The zero-order valence-electron chi connectivity index (χ0n) is 8.51. The van der Waals surface area contributed by atoms with E-state index in [1.807, 2.05) is 18.2 Å². The third-order valence-corrected chi connectivity index (χ3v) is 2.46. The van der Waals surface area contributed by atoms with E-state index in [1.165, 1.54) is 5.56 Å². The first kappa shape index (κ1) is 9.14. The Bertz CT molecular complexity index is 484. The van der Waals surface area contributed by atoms with Gasteiger partial charge in [-0.3, -0.25) is 0 Å². The average Bonchev–Trinajstić information content (AvgIpc) is 2.97. The molecular weight excluding hydrogens is 208 g/mol. The van der Waals surface area contributed by atoms with Gasteiger partial charge in [0, 0.05) is 6.42 Å². The van der Waals surface area contributed by atoms with Crippen LogP contribution in [0.15, 0.2) is 18.2 Å². The summed E-state index contributed by atoms with van der Waals surface area (Å²) in [4.78, 5) is 0. The van der Waals surface area contributed by atoms with Gasteiger partial charge >= 0.3 is 0 Å². The van der Waals surface area contributed by atoms with Gasteiger partial charge in [-0.15, -0.1) is 10.2 Å². The number of fused-ring (bicyclic) bond motifs is 1. The number of H-pyrrole nitrogens is 1. The van der Waals surface area contributed by atoms with Gasteiger partial charge < -0.3 is 9.47 Å². The molecule has 0 saturated carbocycles. The number of ether oxygens (including phenoxy) is 2. The van der Waals surface area contributed by atoms with E-state index < -0.39 is 0 Å².